The van der Waals surface area contributed by atoms with Crippen LogP contribution in [0, 0.1) is 12.7 Å². The van der Waals surface area contributed by atoms with Crippen molar-refractivity contribution in [2.45, 2.75) is 25.6 Å². The number of benzene rings is 2. The number of hydrogen-bond donors (Lipinski definition) is 1. The Labute approximate surface area is 120 Å². The molecule has 112 valence electrons. The van der Waals surface area contributed by atoms with Gasteiger partial charge in [0, 0.05) is 5.56 Å². The van der Waals surface area contributed by atoms with E-state index >= 15 is 0 Å². The van der Waals surface area contributed by atoms with Crippen molar-refractivity contribution in [2.75, 3.05) is 0 Å². The molecular formula is C16H15F4N. The van der Waals surface area contributed by atoms with Crippen LogP contribution in [0.2, 0.25) is 0 Å². The molecule has 0 spiro atoms. The Bertz CT molecular complexity index is 660. The first-order valence-electron chi connectivity index (χ1n) is 6.36. The molecule has 0 aliphatic carbocycles. The van der Waals surface area contributed by atoms with E-state index in [0.717, 1.165) is 12.1 Å². The van der Waals surface area contributed by atoms with Gasteiger partial charge in [-0.3, -0.25) is 0 Å². The molecule has 0 amide bonds. The highest BCUT2D eigenvalue weighted by molar-refractivity contribution is 5.43. The van der Waals surface area contributed by atoms with Gasteiger partial charge in [-0.2, -0.15) is 13.2 Å². The summed E-state index contributed by atoms with van der Waals surface area (Å²) >= 11 is 0. The van der Waals surface area contributed by atoms with Gasteiger partial charge in [-0.25, -0.2) is 4.39 Å². The normalized spacial score (nSPS) is 14.8. The van der Waals surface area contributed by atoms with Crippen LogP contribution in [0.1, 0.15) is 29.2 Å². The summed E-state index contributed by atoms with van der Waals surface area (Å²) in [7, 11) is 0. The second-order valence-electron chi connectivity index (χ2n) is 5.21. The molecule has 2 aromatic rings. The van der Waals surface area contributed by atoms with E-state index in [9.17, 15) is 17.6 Å². The first-order chi connectivity index (χ1) is 9.64. The third-order valence-corrected chi connectivity index (χ3v) is 3.55. The van der Waals surface area contributed by atoms with E-state index in [1.807, 2.05) is 0 Å². The van der Waals surface area contributed by atoms with E-state index in [4.69, 9.17) is 5.73 Å². The van der Waals surface area contributed by atoms with Crippen molar-refractivity contribution in [2.24, 2.45) is 5.73 Å². The second kappa shape index (κ2) is 5.15. The highest BCUT2D eigenvalue weighted by Crippen LogP contribution is 2.35. The Kier molecular flexibility index (Phi) is 3.80. The molecule has 1 atom stereocenters. The maximum Gasteiger partial charge on any atom is 0.416 e. The molecule has 0 heterocycles. The number of halogens is 4. The van der Waals surface area contributed by atoms with Crippen LogP contribution in [-0.2, 0) is 11.7 Å². The number of hydrogen-bond acceptors (Lipinski definition) is 1. The summed E-state index contributed by atoms with van der Waals surface area (Å²) in [5.41, 5.74) is 5.32. The lowest BCUT2D eigenvalue weighted by molar-refractivity contribution is -0.137. The summed E-state index contributed by atoms with van der Waals surface area (Å²) in [6, 6.07) is 9.30. The average molecular weight is 297 g/mol. The summed E-state index contributed by atoms with van der Waals surface area (Å²) in [5.74, 6) is -0.484. The molecule has 0 saturated heterocycles. The number of rotatable bonds is 2. The summed E-state index contributed by atoms with van der Waals surface area (Å²) in [6.45, 7) is 3.12. The van der Waals surface area contributed by atoms with Crippen LogP contribution in [0.5, 0.6) is 0 Å². The summed E-state index contributed by atoms with van der Waals surface area (Å²) in [6.07, 6.45) is -4.41. The lowest BCUT2D eigenvalue weighted by atomic mass is 9.82. The minimum atomic E-state index is -4.41. The third kappa shape index (κ3) is 2.93. The van der Waals surface area contributed by atoms with Gasteiger partial charge >= 0.3 is 6.18 Å². The molecule has 0 aliphatic rings. The first kappa shape index (κ1) is 15.5. The quantitative estimate of drug-likeness (QED) is 0.818. The highest BCUT2D eigenvalue weighted by atomic mass is 19.4. The fourth-order valence-electron chi connectivity index (χ4n) is 2.45. The number of aryl methyl sites for hydroxylation is 1. The van der Waals surface area contributed by atoms with Gasteiger partial charge in [-0.1, -0.05) is 24.3 Å². The van der Waals surface area contributed by atoms with Crippen LogP contribution < -0.4 is 5.73 Å². The van der Waals surface area contributed by atoms with Gasteiger partial charge in [0.15, 0.2) is 0 Å². The lowest BCUT2D eigenvalue weighted by Gasteiger charge is -2.28. The van der Waals surface area contributed by atoms with Crippen molar-refractivity contribution in [3.05, 3.63) is 70.5 Å². The largest absolute Gasteiger partial charge is 0.416 e. The van der Waals surface area contributed by atoms with E-state index in [0.29, 0.717) is 11.1 Å². The lowest BCUT2D eigenvalue weighted by Crippen LogP contribution is -2.36. The monoisotopic (exact) mass is 297 g/mol. The fourth-order valence-corrected chi connectivity index (χ4v) is 2.45. The highest BCUT2D eigenvalue weighted by Gasteiger charge is 2.33. The van der Waals surface area contributed by atoms with Gasteiger partial charge in [-0.15, -0.1) is 0 Å². The minimum absolute atomic E-state index is 0.243. The Morgan fingerprint density at radius 1 is 0.952 bits per heavy atom. The molecule has 2 aromatic carbocycles. The Balaban J connectivity index is 2.54. The van der Waals surface area contributed by atoms with Crippen LogP contribution in [-0.4, -0.2) is 0 Å². The third-order valence-electron chi connectivity index (χ3n) is 3.55. The van der Waals surface area contributed by atoms with Crippen molar-refractivity contribution in [3.8, 4) is 0 Å². The maximum atomic E-state index is 13.9. The van der Waals surface area contributed by atoms with Crippen LogP contribution in [0.25, 0.3) is 0 Å². The molecule has 0 aromatic heterocycles. The predicted molar refractivity (Wildman–Crippen MR) is 73.2 cm³/mol. The van der Waals surface area contributed by atoms with Crippen LogP contribution in [0.3, 0.4) is 0 Å². The maximum absolute atomic E-state index is 13.9. The minimum Gasteiger partial charge on any atom is -0.318 e. The van der Waals surface area contributed by atoms with Crippen molar-refractivity contribution in [3.63, 3.8) is 0 Å². The van der Waals surface area contributed by atoms with Gasteiger partial charge in [-0.05, 0) is 43.2 Å². The zero-order valence-electron chi connectivity index (χ0n) is 11.6. The van der Waals surface area contributed by atoms with E-state index < -0.39 is 23.1 Å². The van der Waals surface area contributed by atoms with Gasteiger partial charge in [0.1, 0.15) is 5.82 Å². The van der Waals surface area contributed by atoms with Gasteiger partial charge in [0.25, 0.3) is 0 Å². The average Bonchev–Trinajstić information content (AvgIpc) is 2.37. The topological polar surface area (TPSA) is 26.0 Å². The summed E-state index contributed by atoms with van der Waals surface area (Å²) in [4.78, 5) is 0. The van der Waals surface area contributed by atoms with Crippen molar-refractivity contribution in [1.82, 2.24) is 0 Å². The molecule has 0 radical (unpaired) electrons. The summed E-state index contributed by atoms with van der Waals surface area (Å²) in [5, 5.41) is 0. The molecule has 5 heteroatoms. The van der Waals surface area contributed by atoms with Gasteiger partial charge < -0.3 is 5.73 Å². The molecule has 2 rings (SSSR count). The number of nitrogens with two attached hydrogens (primary N) is 1. The Morgan fingerprint density at radius 3 is 2.10 bits per heavy atom. The van der Waals surface area contributed by atoms with Crippen LogP contribution in [0.4, 0.5) is 17.6 Å². The van der Waals surface area contributed by atoms with E-state index in [1.54, 1.807) is 13.0 Å². The van der Waals surface area contributed by atoms with Crippen LogP contribution in [0.15, 0.2) is 42.5 Å². The molecule has 0 fully saturated rings. The summed E-state index contributed by atoms with van der Waals surface area (Å²) < 4.78 is 52.0. The predicted octanol–water partition coefficient (Wildman–Crippen LogP) is 4.38. The molecule has 2 N–H and O–H groups in total. The van der Waals surface area contributed by atoms with Crippen molar-refractivity contribution >= 4 is 0 Å². The molecule has 1 unspecified atom stereocenters. The van der Waals surface area contributed by atoms with E-state index in [1.165, 1.54) is 31.2 Å². The van der Waals surface area contributed by atoms with Crippen LogP contribution >= 0.6 is 0 Å². The standard InChI is InChI=1S/C16H15F4N/c1-10-9-11(16(18,19)20)7-8-12(10)15(2,21)13-5-3-4-6-14(13)17/h3-9H,21H2,1-2H3. The SMILES string of the molecule is Cc1cc(C(F)(F)F)ccc1C(C)(N)c1ccccc1F. The van der Waals surface area contributed by atoms with E-state index in [-0.39, 0.29) is 5.56 Å². The van der Waals surface area contributed by atoms with Crippen molar-refractivity contribution < 1.29 is 17.6 Å². The molecule has 0 aliphatic heterocycles. The zero-order chi connectivity index (χ0) is 15.8. The Hall–Kier alpha value is -1.88. The molecule has 1 nitrogen and oxygen atoms in total. The van der Waals surface area contributed by atoms with E-state index in [2.05, 4.69) is 0 Å². The molecule has 0 saturated carbocycles. The van der Waals surface area contributed by atoms with Crippen molar-refractivity contribution in [1.29, 1.82) is 0 Å². The molecule has 0 bridgehead atoms. The smallest absolute Gasteiger partial charge is 0.318 e. The first-order valence-corrected chi connectivity index (χ1v) is 6.36. The zero-order valence-corrected chi connectivity index (χ0v) is 11.6. The van der Waals surface area contributed by atoms with Gasteiger partial charge in [0.2, 0.25) is 0 Å². The second-order valence-corrected chi connectivity index (χ2v) is 5.21. The number of alkyl halides is 3. The van der Waals surface area contributed by atoms with Gasteiger partial charge in [0.05, 0.1) is 11.1 Å². The fraction of sp³-hybridized carbons (Fsp3) is 0.250. The molecular weight excluding hydrogens is 282 g/mol. The Morgan fingerprint density at radius 2 is 1.57 bits per heavy atom. The molecule has 21 heavy (non-hydrogen) atoms.